The maximum absolute atomic E-state index is 12.5. The molecule has 34 heavy (non-hydrogen) atoms. The van der Waals surface area contributed by atoms with Crippen LogP contribution in [-0.2, 0) is 11.8 Å². The molecular weight excluding hydrogens is 452 g/mol. The fraction of sp³-hybridized carbons (Fsp3) is 0.458. The van der Waals surface area contributed by atoms with Gasteiger partial charge in [-0.05, 0) is 24.6 Å². The zero-order chi connectivity index (χ0) is 23.7. The van der Waals surface area contributed by atoms with E-state index in [0.717, 1.165) is 46.9 Å². The number of thioether (sulfide) groups is 1. The van der Waals surface area contributed by atoms with Crippen LogP contribution < -0.4 is 20.1 Å². The SMILES string of the molecule is COc1ccnc(OC)c1-c1cc2cc(NC(=O)CCSCN3CC4CC(C3)N4)ncc2n1C. The van der Waals surface area contributed by atoms with Crippen molar-refractivity contribution in [3.63, 3.8) is 0 Å². The van der Waals surface area contributed by atoms with E-state index in [0.29, 0.717) is 36.0 Å². The van der Waals surface area contributed by atoms with Crippen molar-refractivity contribution in [2.45, 2.75) is 24.9 Å². The molecule has 180 valence electrons. The van der Waals surface area contributed by atoms with Gasteiger partial charge in [0.05, 0.1) is 31.6 Å². The summed E-state index contributed by atoms with van der Waals surface area (Å²) in [6, 6.07) is 7.07. The molecule has 0 aromatic carbocycles. The van der Waals surface area contributed by atoms with Gasteiger partial charge in [0.1, 0.15) is 17.1 Å². The molecule has 0 aliphatic carbocycles. The van der Waals surface area contributed by atoms with Gasteiger partial charge in [-0.1, -0.05) is 0 Å². The van der Waals surface area contributed by atoms with Crippen LogP contribution >= 0.6 is 11.8 Å². The van der Waals surface area contributed by atoms with Crippen LogP contribution in [0.4, 0.5) is 5.82 Å². The van der Waals surface area contributed by atoms with Crippen molar-refractivity contribution >= 4 is 34.4 Å². The number of methoxy groups -OCH3 is 2. The molecule has 3 aromatic heterocycles. The van der Waals surface area contributed by atoms with Gasteiger partial charge in [-0.3, -0.25) is 9.69 Å². The monoisotopic (exact) mass is 482 g/mol. The van der Waals surface area contributed by atoms with Crippen molar-refractivity contribution in [3.8, 4) is 22.9 Å². The third-order valence-corrected chi connectivity index (χ3v) is 7.53. The fourth-order valence-corrected chi connectivity index (χ4v) is 5.73. The van der Waals surface area contributed by atoms with E-state index in [1.165, 1.54) is 6.42 Å². The predicted molar refractivity (Wildman–Crippen MR) is 135 cm³/mol. The topological polar surface area (TPSA) is 93.5 Å². The number of hydrogen-bond acceptors (Lipinski definition) is 8. The van der Waals surface area contributed by atoms with Gasteiger partial charge in [0.2, 0.25) is 11.8 Å². The van der Waals surface area contributed by atoms with Crippen molar-refractivity contribution in [1.29, 1.82) is 0 Å². The van der Waals surface area contributed by atoms with Crippen LogP contribution in [0.15, 0.2) is 30.6 Å². The molecule has 9 nitrogen and oxygen atoms in total. The Bertz CT molecular complexity index is 1160. The molecule has 2 atom stereocenters. The van der Waals surface area contributed by atoms with Gasteiger partial charge in [-0.25, -0.2) is 9.97 Å². The van der Waals surface area contributed by atoms with E-state index in [1.54, 1.807) is 26.6 Å². The number of ether oxygens (including phenoxy) is 2. The van der Waals surface area contributed by atoms with E-state index in [-0.39, 0.29) is 5.91 Å². The summed E-state index contributed by atoms with van der Waals surface area (Å²) in [6.07, 6.45) is 5.21. The first-order valence-electron chi connectivity index (χ1n) is 11.4. The van der Waals surface area contributed by atoms with E-state index in [4.69, 9.17) is 9.47 Å². The molecular formula is C24H30N6O3S. The third kappa shape index (κ3) is 4.57. The second-order valence-electron chi connectivity index (χ2n) is 8.78. The lowest BCUT2D eigenvalue weighted by molar-refractivity contribution is -0.115. The highest BCUT2D eigenvalue weighted by Gasteiger charge is 2.35. The average molecular weight is 483 g/mol. The molecule has 6 heterocycles. The number of nitrogens with zero attached hydrogens (tertiary/aromatic N) is 4. The van der Waals surface area contributed by atoms with Crippen molar-refractivity contribution < 1.29 is 14.3 Å². The quantitative estimate of drug-likeness (QED) is 0.450. The highest BCUT2D eigenvalue weighted by Crippen LogP contribution is 2.39. The van der Waals surface area contributed by atoms with Crippen molar-refractivity contribution in [3.05, 3.63) is 30.6 Å². The number of piperazine rings is 1. The second-order valence-corrected chi connectivity index (χ2v) is 9.86. The largest absolute Gasteiger partial charge is 0.496 e. The zero-order valence-electron chi connectivity index (χ0n) is 19.7. The average Bonchev–Trinajstić information content (AvgIpc) is 3.16. The standard InChI is InChI=1S/C24H30N6O3S/c1-29-18(23-20(32-2)4-6-25-24(23)33-3)8-15-9-21(26-11-19(15)29)28-22(31)5-7-34-14-30-12-16-10-17(13-30)27-16/h4,6,8-9,11,16-17,27H,5,7,10,12-14H2,1-3H3,(H,26,28,31). The van der Waals surface area contributed by atoms with Crippen LogP contribution in [0.25, 0.3) is 22.2 Å². The van der Waals surface area contributed by atoms with E-state index >= 15 is 0 Å². The first kappa shape index (κ1) is 22.9. The van der Waals surface area contributed by atoms with Crippen LogP contribution in [0.3, 0.4) is 0 Å². The molecule has 3 aliphatic heterocycles. The lowest BCUT2D eigenvalue weighted by atomic mass is 9.92. The Morgan fingerprint density at radius 1 is 1.24 bits per heavy atom. The maximum atomic E-state index is 12.5. The van der Waals surface area contributed by atoms with Crippen molar-refractivity contribution in [1.82, 2.24) is 24.8 Å². The molecule has 2 bridgehead atoms. The van der Waals surface area contributed by atoms with Crippen molar-refractivity contribution in [2.24, 2.45) is 7.05 Å². The smallest absolute Gasteiger partial charge is 0.226 e. The van der Waals surface area contributed by atoms with Gasteiger partial charge in [0.25, 0.3) is 0 Å². The lowest BCUT2D eigenvalue weighted by Crippen LogP contribution is -2.66. The Kier molecular flexibility index (Phi) is 6.62. The number of hydrogen-bond donors (Lipinski definition) is 2. The summed E-state index contributed by atoms with van der Waals surface area (Å²) in [5, 5.41) is 7.45. The number of carbonyl (C=O) groups excluding carboxylic acids is 1. The minimum atomic E-state index is -0.0192. The van der Waals surface area contributed by atoms with Crippen LogP contribution in [0.1, 0.15) is 12.8 Å². The van der Waals surface area contributed by atoms with E-state index < -0.39 is 0 Å². The number of amides is 1. The summed E-state index contributed by atoms with van der Waals surface area (Å²) in [6.45, 7) is 2.24. The summed E-state index contributed by atoms with van der Waals surface area (Å²) < 4.78 is 13.0. The van der Waals surface area contributed by atoms with Gasteiger partial charge in [-0.2, -0.15) is 0 Å². The van der Waals surface area contributed by atoms with Gasteiger partial charge >= 0.3 is 0 Å². The highest BCUT2D eigenvalue weighted by atomic mass is 32.2. The maximum Gasteiger partial charge on any atom is 0.226 e. The number of carbonyl (C=O) groups is 1. The lowest BCUT2D eigenvalue weighted by Gasteiger charge is -2.48. The Balaban J connectivity index is 1.23. The Morgan fingerprint density at radius 3 is 2.76 bits per heavy atom. The summed E-state index contributed by atoms with van der Waals surface area (Å²) in [4.78, 5) is 23.8. The fourth-order valence-electron chi connectivity index (χ4n) is 4.80. The second kappa shape index (κ2) is 9.81. The van der Waals surface area contributed by atoms with E-state index in [2.05, 4.69) is 25.5 Å². The normalized spacial score (nSPS) is 19.6. The first-order valence-corrected chi connectivity index (χ1v) is 12.6. The van der Waals surface area contributed by atoms with Gasteiger partial charge in [-0.15, -0.1) is 11.8 Å². The van der Waals surface area contributed by atoms with Gasteiger partial charge < -0.3 is 24.7 Å². The minimum Gasteiger partial charge on any atom is -0.496 e. The number of aromatic nitrogens is 3. The number of piperidine rings is 1. The highest BCUT2D eigenvalue weighted by molar-refractivity contribution is 7.99. The molecule has 3 saturated heterocycles. The van der Waals surface area contributed by atoms with Crippen LogP contribution in [0.2, 0.25) is 0 Å². The number of rotatable bonds is 9. The van der Waals surface area contributed by atoms with Crippen LogP contribution in [0, 0.1) is 0 Å². The zero-order valence-corrected chi connectivity index (χ0v) is 20.5. The molecule has 1 amide bonds. The van der Waals surface area contributed by atoms with Crippen molar-refractivity contribution in [2.75, 3.05) is 44.3 Å². The van der Waals surface area contributed by atoms with E-state index in [9.17, 15) is 4.79 Å². The van der Waals surface area contributed by atoms with E-state index in [1.807, 2.05) is 41.6 Å². The Labute approximate surface area is 203 Å². The predicted octanol–water partition coefficient (Wildman–Crippen LogP) is 2.72. The van der Waals surface area contributed by atoms with Crippen LogP contribution in [0.5, 0.6) is 11.6 Å². The molecule has 6 rings (SSSR count). The third-order valence-electron chi connectivity index (χ3n) is 6.49. The summed E-state index contributed by atoms with van der Waals surface area (Å²) in [5.74, 6) is 3.47. The molecule has 0 radical (unpaired) electrons. The van der Waals surface area contributed by atoms with Gasteiger partial charge in [0.15, 0.2) is 0 Å². The molecule has 3 aliphatic rings. The molecule has 2 N–H and O–H groups in total. The molecule has 10 heteroatoms. The number of fused-ring (bicyclic) bond motifs is 3. The number of anilines is 1. The first-order chi connectivity index (χ1) is 16.6. The van der Waals surface area contributed by atoms with Crippen LogP contribution in [-0.4, -0.2) is 76.4 Å². The molecule has 3 fully saturated rings. The van der Waals surface area contributed by atoms with Gasteiger partial charge in [0, 0.05) is 61.9 Å². The summed E-state index contributed by atoms with van der Waals surface area (Å²) in [5.41, 5.74) is 2.60. The Morgan fingerprint density at radius 2 is 2.03 bits per heavy atom. The summed E-state index contributed by atoms with van der Waals surface area (Å²) >= 11 is 1.82. The number of pyridine rings is 2. The summed E-state index contributed by atoms with van der Waals surface area (Å²) in [7, 11) is 5.18. The molecule has 2 unspecified atom stereocenters. The minimum absolute atomic E-state index is 0.0192. The number of aryl methyl sites for hydroxylation is 1. The molecule has 3 aromatic rings. The number of nitrogens with one attached hydrogen (secondary N) is 2. The molecule has 0 spiro atoms. The molecule has 0 saturated carbocycles. The Hall–Kier alpha value is -2.82.